The van der Waals surface area contributed by atoms with Gasteiger partial charge < -0.3 is 5.11 Å². The van der Waals surface area contributed by atoms with E-state index in [4.69, 9.17) is 5.11 Å². The van der Waals surface area contributed by atoms with E-state index in [9.17, 15) is 4.79 Å². The molecule has 16 heavy (non-hydrogen) atoms. The zero-order chi connectivity index (χ0) is 11.4. The maximum atomic E-state index is 10.8. The minimum Gasteiger partial charge on any atom is -0.478 e. The Bertz CT molecular complexity index is 494. The van der Waals surface area contributed by atoms with Gasteiger partial charge in [0.05, 0.1) is 5.56 Å². The molecule has 80 valence electrons. The largest absolute Gasteiger partial charge is 0.478 e. The maximum absolute atomic E-state index is 10.8. The second-order valence-corrected chi connectivity index (χ2v) is 3.50. The summed E-state index contributed by atoms with van der Waals surface area (Å²) in [7, 11) is 0. The number of carboxylic acid groups (broad SMARTS) is 1. The number of nitrogens with zero attached hydrogens (tertiary/aromatic N) is 1. The van der Waals surface area contributed by atoms with Crippen LogP contribution in [0.2, 0.25) is 0 Å². The van der Waals surface area contributed by atoms with Crippen molar-refractivity contribution in [2.75, 3.05) is 0 Å². The SMILES string of the molecule is O=C(O)c1cccc(Cc2ccccn2)c1. The van der Waals surface area contributed by atoms with Gasteiger partial charge in [0.1, 0.15) is 0 Å². The predicted molar refractivity (Wildman–Crippen MR) is 60.4 cm³/mol. The van der Waals surface area contributed by atoms with E-state index in [1.165, 1.54) is 0 Å². The van der Waals surface area contributed by atoms with Crippen LogP contribution < -0.4 is 0 Å². The van der Waals surface area contributed by atoms with Crippen molar-refractivity contribution in [2.24, 2.45) is 0 Å². The fraction of sp³-hybridized carbons (Fsp3) is 0.0769. The third kappa shape index (κ3) is 2.45. The smallest absolute Gasteiger partial charge is 0.335 e. The summed E-state index contributed by atoms with van der Waals surface area (Å²) in [4.78, 5) is 15.0. The van der Waals surface area contributed by atoms with Gasteiger partial charge >= 0.3 is 5.97 Å². The minimum absolute atomic E-state index is 0.313. The van der Waals surface area contributed by atoms with Gasteiger partial charge in [0.2, 0.25) is 0 Å². The number of aromatic nitrogens is 1. The van der Waals surface area contributed by atoms with Crippen LogP contribution in [0.25, 0.3) is 0 Å². The van der Waals surface area contributed by atoms with Crippen LogP contribution in [0.4, 0.5) is 0 Å². The van der Waals surface area contributed by atoms with Gasteiger partial charge in [0.15, 0.2) is 0 Å². The molecule has 0 unspecified atom stereocenters. The quantitative estimate of drug-likeness (QED) is 0.851. The summed E-state index contributed by atoms with van der Waals surface area (Å²) >= 11 is 0. The van der Waals surface area contributed by atoms with Crippen LogP contribution in [0, 0.1) is 0 Å². The molecule has 0 spiro atoms. The average Bonchev–Trinajstić information content (AvgIpc) is 2.30. The van der Waals surface area contributed by atoms with E-state index in [1.807, 2.05) is 24.3 Å². The van der Waals surface area contributed by atoms with Crippen molar-refractivity contribution in [3.8, 4) is 0 Å². The van der Waals surface area contributed by atoms with Crippen molar-refractivity contribution in [3.05, 3.63) is 65.5 Å². The lowest BCUT2D eigenvalue weighted by Crippen LogP contribution is -1.98. The number of pyridine rings is 1. The number of carboxylic acids is 1. The normalized spacial score (nSPS) is 10.0. The fourth-order valence-corrected chi connectivity index (χ4v) is 1.53. The zero-order valence-corrected chi connectivity index (χ0v) is 8.63. The summed E-state index contributed by atoms with van der Waals surface area (Å²) < 4.78 is 0. The average molecular weight is 213 g/mol. The van der Waals surface area contributed by atoms with Gasteiger partial charge in [-0.15, -0.1) is 0 Å². The molecule has 0 bridgehead atoms. The highest BCUT2D eigenvalue weighted by Gasteiger charge is 2.03. The molecule has 0 amide bonds. The van der Waals surface area contributed by atoms with Gasteiger partial charge in [0, 0.05) is 18.3 Å². The van der Waals surface area contributed by atoms with Gasteiger partial charge in [-0.05, 0) is 29.8 Å². The topological polar surface area (TPSA) is 50.2 Å². The molecule has 0 aliphatic heterocycles. The number of benzene rings is 1. The highest BCUT2D eigenvalue weighted by Crippen LogP contribution is 2.09. The molecule has 1 N–H and O–H groups in total. The van der Waals surface area contributed by atoms with E-state index in [-0.39, 0.29) is 0 Å². The van der Waals surface area contributed by atoms with Crippen molar-refractivity contribution < 1.29 is 9.90 Å². The van der Waals surface area contributed by atoms with E-state index >= 15 is 0 Å². The molecule has 0 fully saturated rings. The maximum Gasteiger partial charge on any atom is 0.335 e. The minimum atomic E-state index is -0.900. The Morgan fingerprint density at radius 2 is 2.06 bits per heavy atom. The van der Waals surface area contributed by atoms with Crippen LogP contribution in [-0.4, -0.2) is 16.1 Å². The zero-order valence-electron chi connectivity index (χ0n) is 8.63. The van der Waals surface area contributed by atoms with E-state index < -0.39 is 5.97 Å². The van der Waals surface area contributed by atoms with Gasteiger partial charge in [-0.25, -0.2) is 4.79 Å². The number of hydrogen-bond donors (Lipinski definition) is 1. The third-order valence-corrected chi connectivity index (χ3v) is 2.29. The second-order valence-electron chi connectivity index (χ2n) is 3.50. The third-order valence-electron chi connectivity index (χ3n) is 2.29. The molecular formula is C13H11NO2. The Hall–Kier alpha value is -2.16. The van der Waals surface area contributed by atoms with E-state index in [2.05, 4.69) is 4.98 Å². The molecular weight excluding hydrogens is 202 g/mol. The molecule has 2 rings (SSSR count). The number of hydrogen-bond acceptors (Lipinski definition) is 2. The molecule has 0 saturated heterocycles. The van der Waals surface area contributed by atoms with Gasteiger partial charge in [-0.2, -0.15) is 0 Å². The Morgan fingerprint density at radius 3 is 2.75 bits per heavy atom. The second kappa shape index (κ2) is 4.57. The summed E-state index contributed by atoms with van der Waals surface area (Å²) in [6.07, 6.45) is 2.39. The van der Waals surface area contributed by atoms with Crippen LogP contribution >= 0.6 is 0 Å². The first-order chi connectivity index (χ1) is 7.75. The fourth-order valence-electron chi connectivity index (χ4n) is 1.53. The van der Waals surface area contributed by atoms with Gasteiger partial charge in [0.25, 0.3) is 0 Å². The Morgan fingerprint density at radius 1 is 1.19 bits per heavy atom. The lowest BCUT2D eigenvalue weighted by atomic mass is 10.1. The first-order valence-electron chi connectivity index (χ1n) is 4.98. The highest BCUT2D eigenvalue weighted by molar-refractivity contribution is 5.87. The molecule has 0 radical (unpaired) electrons. The van der Waals surface area contributed by atoms with Crippen LogP contribution in [0.3, 0.4) is 0 Å². The molecule has 0 aliphatic carbocycles. The van der Waals surface area contributed by atoms with Crippen molar-refractivity contribution in [3.63, 3.8) is 0 Å². The Labute approximate surface area is 93.4 Å². The summed E-state index contributed by atoms with van der Waals surface area (Å²) in [6.45, 7) is 0. The predicted octanol–water partition coefficient (Wildman–Crippen LogP) is 2.37. The molecule has 3 nitrogen and oxygen atoms in total. The molecule has 2 aromatic rings. The van der Waals surface area contributed by atoms with Crippen LogP contribution in [-0.2, 0) is 6.42 Å². The number of aromatic carboxylic acids is 1. The number of carbonyl (C=O) groups is 1. The summed E-state index contributed by atoms with van der Waals surface area (Å²) in [5.41, 5.74) is 2.21. The van der Waals surface area contributed by atoms with Crippen molar-refractivity contribution >= 4 is 5.97 Å². The molecule has 1 heterocycles. The van der Waals surface area contributed by atoms with Crippen molar-refractivity contribution in [1.29, 1.82) is 0 Å². The molecule has 0 atom stereocenters. The lowest BCUT2D eigenvalue weighted by Gasteiger charge is -2.02. The number of rotatable bonds is 3. The molecule has 0 aliphatic rings. The Balaban J connectivity index is 2.22. The first-order valence-corrected chi connectivity index (χ1v) is 4.98. The molecule has 0 saturated carbocycles. The van der Waals surface area contributed by atoms with Crippen LogP contribution in [0.5, 0.6) is 0 Å². The highest BCUT2D eigenvalue weighted by atomic mass is 16.4. The molecule has 3 heteroatoms. The summed E-state index contributed by atoms with van der Waals surface area (Å²) in [5.74, 6) is -0.900. The van der Waals surface area contributed by atoms with Crippen LogP contribution in [0.1, 0.15) is 21.6 Å². The van der Waals surface area contributed by atoms with Crippen LogP contribution in [0.15, 0.2) is 48.7 Å². The van der Waals surface area contributed by atoms with E-state index in [0.29, 0.717) is 12.0 Å². The van der Waals surface area contributed by atoms with Gasteiger partial charge in [-0.1, -0.05) is 18.2 Å². The van der Waals surface area contributed by atoms with E-state index in [0.717, 1.165) is 11.3 Å². The standard InChI is InChI=1S/C13H11NO2/c15-13(16)11-5-3-4-10(8-11)9-12-6-1-2-7-14-12/h1-8H,9H2,(H,15,16). The first kappa shape index (κ1) is 10.4. The van der Waals surface area contributed by atoms with Crippen molar-refractivity contribution in [1.82, 2.24) is 4.98 Å². The monoisotopic (exact) mass is 213 g/mol. The molecule has 1 aromatic heterocycles. The van der Waals surface area contributed by atoms with E-state index in [1.54, 1.807) is 24.4 Å². The summed E-state index contributed by atoms with van der Waals surface area (Å²) in [5, 5.41) is 8.86. The lowest BCUT2D eigenvalue weighted by molar-refractivity contribution is 0.0697. The summed E-state index contributed by atoms with van der Waals surface area (Å²) in [6, 6.07) is 12.6. The molecule has 1 aromatic carbocycles. The Kier molecular flexibility index (Phi) is 2.96. The van der Waals surface area contributed by atoms with Gasteiger partial charge in [-0.3, -0.25) is 4.98 Å². The van der Waals surface area contributed by atoms with Crippen molar-refractivity contribution in [2.45, 2.75) is 6.42 Å².